The van der Waals surface area contributed by atoms with E-state index in [9.17, 15) is 5.11 Å². The first-order valence-corrected chi connectivity index (χ1v) is 7.43. The Bertz CT molecular complexity index is 649. The second-order valence-electron chi connectivity index (χ2n) is 6.57. The van der Waals surface area contributed by atoms with E-state index in [1.807, 2.05) is 17.9 Å². The van der Waals surface area contributed by atoms with Gasteiger partial charge in [-0.2, -0.15) is 5.10 Å². The van der Waals surface area contributed by atoms with Crippen molar-refractivity contribution in [3.8, 4) is 0 Å². The minimum atomic E-state index is -0.677. The molecular weight excluding hydrogens is 250 g/mol. The van der Waals surface area contributed by atoms with Gasteiger partial charge in [-0.1, -0.05) is 12.1 Å². The molecule has 106 valence electrons. The number of aromatic nitrogens is 2. The molecule has 1 N–H and O–H groups in total. The van der Waals surface area contributed by atoms with E-state index in [0.717, 1.165) is 29.3 Å². The van der Waals surface area contributed by atoms with Crippen LogP contribution in [0.3, 0.4) is 0 Å². The van der Waals surface area contributed by atoms with Gasteiger partial charge in [0, 0.05) is 30.7 Å². The third kappa shape index (κ3) is 1.71. The van der Waals surface area contributed by atoms with Gasteiger partial charge in [0.2, 0.25) is 0 Å². The second-order valence-corrected chi connectivity index (χ2v) is 6.57. The first kappa shape index (κ1) is 12.4. The lowest BCUT2D eigenvalue weighted by atomic mass is 9.80. The van der Waals surface area contributed by atoms with Crippen molar-refractivity contribution in [1.82, 2.24) is 14.7 Å². The first-order chi connectivity index (χ1) is 9.55. The van der Waals surface area contributed by atoms with Crippen LogP contribution in [-0.2, 0) is 12.6 Å². The fourth-order valence-corrected chi connectivity index (χ4v) is 4.11. The number of benzene rings is 1. The predicted octanol–water partition coefficient (Wildman–Crippen LogP) is 2.02. The molecule has 3 heterocycles. The van der Waals surface area contributed by atoms with E-state index in [1.54, 1.807) is 0 Å². The molecule has 4 rings (SSSR count). The van der Waals surface area contributed by atoms with E-state index < -0.39 is 5.60 Å². The molecule has 4 heteroatoms. The molecule has 0 amide bonds. The van der Waals surface area contributed by atoms with E-state index >= 15 is 0 Å². The molecule has 0 radical (unpaired) electrons. The Hall–Kier alpha value is -1.39. The Kier molecular flexibility index (Phi) is 2.51. The molecule has 2 atom stereocenters. The minimum Gasteiger partial charge on any atom is -0.385 e. The van der Waals surface area contributed by atoms with E-state index in [-0.39, 0.29) is 0 Å². The Labute approximate surface area is 119 Å². The predicted molar refractivity (Wildman–Crippen MR) is 78.4 cm³/mol. The highest BCUT2D eigenvalue weighted by atomic mass is 16.3. The molecule has 2 aliphatic heterocycles. The Balaban J connectivity index is 1.74. The van der Waals surface area contributed by atoms with Gasteiger partial charge in [0.05, 0.1) is 11.1 Å². The maximum Gasteiger partial charge on any atom is 0.0927 e. The smallest absolute Gasteiger partial charge is 0.0927 e. The van der Waals surface area contributed by atoms with Gasteiger partial charge in [-0.3, -0.25) is 4.68 Å². The molecule has 2 fully saturated rings. The van der Waals surface area contributed by atoms with Crippen LogP contribution in [0.25, 0.3) is 10.9 Å². The fourth-order valence-electron chi connectivity index (χ4n) is 4.11. The van der Waals surface area contributed by atoms with Crippen LogP contribution in [-0.4, -0.2) is 38.9 Å². The van der Waals surface area contributed by atoms with Crippen molar-refractivity contribution in [2.24, 2.45) is 7.05 Å². The first-order valence-electron chi connectivity index (χ1n) is 7.43. The summed E-state index contributed by atoms with van der Waals surface area (Å²) >= 11 is 0. The average Bonchev–Trinajstić information content (AvgIpc) is 2.86. The molecule has 2 bridgehead atoms. The van der Waals surface area contributed by atoms with Crippen molar-refractivity contribution in [3.05, 3.63) is 30.0 Å². The lowest BCUT2D eigenvalue weighted by Crippen LogP contribution is -2.47. The van der Waals surface area contributed by atoms with Crippen LogP contribution in [0.15, 0.2) is 24.4 Å². The van der Waals surface area contributed by atoms with Gasteiger partial charge < -0.3 is 10.0 Å². The zero-order valence-corrected chi connectivity index (χ0v) is 12.1. The minimum absolute atomic E-state index is 0.526. The quantitative estimate of drug-likeness (QED) is 0.862. The second kappa shape index (κ2) is 4.06. The van der Waals surface area contributed by atoms with Crippen molar-refractivity contribution < 1.29 is 5.11 Å². The monoisotopic (exact) mass is 271 g/mol. The van der Waals surface area contributed by atoms with Gasteiger partial charge in [-0.05, 0) is 44.4 Å². The van der Waals surface area contributed by atoms with Gasteiger partial charge in [0.1, 0.15) is 0 Å². The molecule has 4 nitrogen and oxygen atoms in total. The number of hydrogen-bond donors (Lipinski definition) is 1. The summed E-state index contributed by atoms with van der Waals surface area (Å²) in [7, 11) is 4.13. The zero-order valence-electron chi connectivity index (χ0n) is 12.1. The highest BCUT2D eigenvalue weighted by Crippen LogP contribution is 2.45. The van der Waals surface area contributed by atoms with Crippen LogP contribution in [0.2, 0.25) is 0 Å². The summed E-state index contributed by atoms with van der Waals surface area (Å²) in [5.41, 5.74) is 1.34. The van der Waals surface area contributed by atoms with Gasteiger partial charge in [-0.25, -0.2) is 0 Å². The summed E-state index contributed by atoms with van der Waals surface area (Å²) in [4.78, 5) is 2.45. The summed E-state index contributed by atoms with van der Waals surface area (Å²) < 4.78 is 1.83. The molecule has 0 aliphatic carbocycles. The van der Waals surface area contributed by atoms with Crippen molar-refractivity contribution >= 4 is 10.9 Å². The molecule has 2 saturated heterocycles. The number of nitrogens with zero attached hydrogens (tertiary/aromatic N) is 3. The number of hydrogen-bond acceptors (Lipinski definition) is 3. The number of piperidine rings is 1. The molecule has 1 aromatic carbocycles. The molecule has 0 saturated carbocycles. The summed E-state index contributed by atoms with van der Waals surface area (Å²) in [6.45, 7) is 0. The highest BCUT2D eigenvalue weighted by molar-refractivity contribution is 5.78. The molecule has 2 unspecified atom stereocenters. The SMILES string of the molecule is CN1C2CCC1CC(O)(c1ccc3cn(C)nc3c1)C2. The summed E-state index contributed by atoms with van der Waals surface area (Å²) in [6, 6.07) is 7.28. The van der Waals surface area contributed by atoms with Crippen molar-refractivity contribution in [3.63, 3.8) is 0 Å². The summed E-state index contributed by atoms with van der Waals surface area (Å²) in [6.07, 6.45) is 6.14. The summed E-state index contributed by atoms with van der Waals surface area (Å²) in [5, 5.41) is 16.7. The van der Waals surface area contributed by atoms with Crippen LogP contribution >= 0.6 is 0 Å². The fraction of sp³-hybridized carbons (Fsp3) is 0.562. The van der Waals surface area contributed by atoms with Gasteiger partial charge in [-0.15, -0.1) is 0 Å². The molecule has 20 heavy (non-hydrogen) atoms. The lowest BCUT2D eigenvalue weighted by molar-refractivity contribution is -0.0492. The Morgan fingerprint density at radius 3 is 2.60 bits per heavy atom. The number of fused-ring (bicyclic) bond motifs is 3. The van der Waals surface area contributed by atoms with Crippen LogP contribution in [0.4, 0.5) is 0 Å². The van der Waals surface area contributed by atoms with E-state index in [2.05, 4.69) is 35.2 Å². The third-order valence-corrected chi connectivity index (χ3v) is 5.29. The van der Waals surface area contributed by atoms with Gasteiger partial charge in [0.15, 0.2) is 0 Å². The van der Waals surface area contributed by atoms with Crippen LogP contribution in [0.1, 0.15) is 31.2 Å². The third-order valence-electron chi connectivity index (χ3n) is 5.29. The molecular formula is C16H21N3O. The van der Waals surface area contributed by atoms with Gasteiger partial charge in [0.25, 0.3) is 0 Å². The Morgan fingerprint density at radius 1 is 1.20 bits per heavy atom. The molecule has 2 aromatic rings. The average molecular weight is 271 g/mol. The highest BCUT2D eigenvalue weighted by Gasteiger charge is 2.46. The van der Waals surface area contributed by atoms with Gasteiger partial charge >= 0.3 is 0 Å². The topological polar surface area (TPSA) is 41.3 Å². The Morgan fingerprint density at radius 2 is 1.90 bits per heavy atom. The largest absolute Gasteiger partial charge is 0.385 e. The van der Waals surface area contributed by atoms with E-state index in [1.165, 1.54) is 12.8 Å². The maximum absolute atomic E-state index is 11.1. The number of rotatable bonds is 1. The summed E-state index contributed by atoms with van der Waals surface area (Å²) in [5.74, 6) is 0. The van der Waals surface area contributed by atoms with Crippen molar-refractivity contribution in [2.45, 2.75) is 43.4 Å². The van der Waals surface area contributed by atoms with Crippen molar-refractivity contribution in [2.75, 3.05) is 7.05 Å². The van der Waals surface area contributed by atoms with Crippen molar-refractivity contribution in [1.29, 1.82) is 0 Å². The van der Waals surface area contributed by atoms with Crippen LogP contribution < -0.4 is 0 Å². The normalized spacial score (nSPS) is 34.0. The maximum atomic E-state index is 11.1. The standard InChI is InChI=1S/C16H21N3O/c1-18-10-11-3-4-12(7-15(11)17-18)16(20)8-13-5-6-14(9-16)19(13)2/h3-4,7,10,13-14,20H,5-6,8-9H2,1-2H3. The van der Waals surface area contributed by atoms with E-state index in [0.29, 0.717) is 12.1 Å². The molecule has 1 aromatic heterocycles. The van der Waals surface area contributed by atoms with Crippen LogP contribution in [0, 0.1) is 0 Å². The van der Waals surface area contributed by atoms with E-state index in [4.69, 9.17) is 0 Å². The van der Waals surface area contributed by atoms with Crippen LogP contribution in [0.5, 0.6) is 0 Å². The molecule has 0 spiro atoms. The number of aryl methyl sites for hydroxylation is 1. The molecule has 2 aliphatic rings. The lowest BCUT2D eigenvalue weighted by Gasteiger charge is -2.42. The zero-order chi connectivity index (χ0) is 13.9. The number of aliphatic hydroxyl groups is 1.